The van der Waals surface area contributed by atoms with Crippen LogP contribution in [0.1, 0.15) is 12.8 Å². The molecule has 8 heteroatoms. The molecule has 0 aromatic heterocycles. The lowest BCUT2D eigenvalue weighted by molar-refractivity contribution is -0.139. The van der Waals surface area contributed by atoms with Crippen LogP contribution in [-0.4, -0.2) is 72.9 Å². The third-order valence-corrected chi connectivity index (χ3v) is 5.46. The van der Waals surface area contributed by atoms with E-state index >= 15 is 0 Å². The summed E-state index contributed by atoms with van der Waals surface area (Å²) >= 11 is 0. The van der Waals surface area contributed by atoms with Gasteiger partial charge in [-0.3, -0.25) is 19.8 Å². The number of hydrogen-bond acceptors (Lipinski definition) is 5. The topological polar surface area (TPSA) is 73.9 Å². The fourth-order valence-corrected chi connectivity index (χ4v) is 3.70. The van der Waals surface area contributed by atoms with Crippen LogP contribution < -0.4 is 15.4 Å². The van der Waals surface area contributed by atoms with Crippen molar-refractivity contribution >= 4 is 11.8 Å². The number of carbonyl (C=O) groups excluding carboxylic acids is 2. The number of halogens is 1. The summed E-state index contributed by atoms with van der Waals surface area (Å²) < 4.78 is 19.6. The number of nitrogens with one attached hydrogen (secondary N) is 2. The van der Waals surface area contributed by atoms with Crippen molar-refractivity contribution in [1.29, 1.82) is 0 Å². The van der Waals surface area contributed by atoms with Crippen LogP contribution >= 0.6 is 0 Å². The molecule has 1 aliphatic carbocycles. The summed E-state index contributed by atoms with van der Waals surface area (Å²) in [7, 11) is 0. The lowest BCUT2D eigenvalue weighted by atomic mass is 10.0. The molecule has 2 amide bonds. The SMILES string of the molecule is O=C1NC(N2CCN(C(=O)COc3ccccc3)CC2)NC(C2CC2)C1F. The van der Waals surface area contributed by atoms with Gasteiger partial charge in [0.15, 0.2) is 12.8 Å². The zero-order valence-electron chi connectivity index (χ0n) is 15.1. The van der Waals surface area contributed by atoms with Crippen molar-refractivity contribution in [3.8, 4) is 5.75 Å². The maximum Gasteiger partial charge on any atom is 0.260 e. The first-order valence-electron chi connectivity index (χ1n) is 9.52. The first-order valence-corrected chi connectivity index (χ1v) is 9.52. The van der Waals surface area contributed by atoms with Gasteiger partial charge in [0.2, 0.25) is 0 Å². The van der Waals surface area contributed by atoms with Gasteiger partial charge in [-0.05, 0) is 30.9 Å². The molecule has 146 valence electrons. The van der Waals surface area contributed by atoms with Crippen molar-refractivity contribution in [3.63, 3.8) is 0 Å². The number of benzene rings is 1. The van der Waals surface area contributed by atoms with E-state index in [1.165, 1.54) is 0 Å². The van der Waals surface area contributed by atoms with E-state index in [-0.39, 0.29) is 24.7 Å². The van der Waals surface area contributed by atoms with E-state index in [0.29, 0.717) is 31.9 Å². The van der Waals surface area contributed by atoms with Crippen molar-refractivity contribution in [3.05, 3.63) is 30.3 Å². The Balaban J connectivity index is 1.26. The standard InChI is InChI=1S/C19H25FN4O3/c20-16-17(13-6-7-13)21-19(22-18(16)26)24-10-8-23(9-11-24)15(25)12-27-14-4-2-1-3-5-14/h1-5,13,16-17,19,21H,6-12H2,(H,22,26). The number of rotatable bonds is 5. The number of piperazine rings is 1. The molecule has 3 aliphatic rings. The molecule has 2 aliphatic heterocycles. The molecular formula is C19H25FN4O3. The van der Waals surface area contributed by atoms with Crippen LogP contribution in [0.2, 0.25) is 0 Å². The van der Waals surface area contributed by atoms with Gasteiger partial charge in [0, 0.05) is 26.2 Å². The third kappa shape index (κ3) is 4.22. The van der Waals surface area contributed by atoms with E-state index in [1.54, 1.807) is 4.90 Å². The van der Waals surface area contributed by atoms with E-state index in [1.807, 2.05) is 30.3 Å². The summed E-state index contributed by atoms with van der Waals surface area (Å²) in [5.41, 5.74) is 0. The molecule has 7 nitrogen and oxygen atoms in total. The summed E-state index contributed by atoms with van der Waals surface area (Å²) in [5, 5.41) is 5.96. The number of amides is 2. The quantitative estimate of drug-likeness (QED) is 0.775. The predicted molar refractivity (Wildman–Crippen MR) is 96.6 cm³/mol. The van der Waals surface area contributed by atoms with E-state index < -0.39 is 18.1 Å². The molecule has 0 radical (unpaired) electrons. The largest absolute Gasteiger partial charge is 0.484 e. The number of para-hydroxylation sites is 1. The van der Waals surface area contributed by atoms with Gasteiger partial charge in [-0.1, -0.05) is 18.2 Å². The molecule has 3 unspecified atom stereocenters. The van der Waals surface area contributed by atoms with Crippen molar-refractivity contribution in [2.75, 3.05) is 32.8 Å². The van der Waals surface area contributed by atoms with Crippen molar-refractivity contribution in [1.82, 2.24) is 20.4 Å². The molecule has 1 aromatic carbocycles. The number of carbonyl (C=O) groups is 2. The molecule has 3 fully saturated rings. The number of hydrogen-bond donors (Lipinski definition) is 2. The van der Waals surface area contributed by atoms with Crippen LogP contribution in [0.4, 0.5) is 4.39 Å². The smallest absolute Gasteiger partial charge is 0.260 e. The van der Waals surface area contributed by atoms with Crippen molar-refractivity contribution in [2.24, 2.45) is 5.92 Å². The highest BCUT2D eigenvalue weighted by Gasteiger charge is 2.46. The predicted octanol–water partition coefficient (Wildman–Crippen LogP) is 0.329. The summed E-state index contributed by atoms with van der Waals surface area (Å²) in [6.45, 7) is 2.35. The Kier molecular flexibility index (Phi) is 5.27. The highest BCUT2D eigenvalue weighted by atomic mass is 19.1. The summed E-state index contributed by atoms with van der Waals surface area (Å²) in [4.78, 5) is 28.1. The highest BCUT2D eigenvalue weighted by Crippen LogP contribution is 2.36. The van der Waals surface area contributed by atoms with Crippen LogP contribution in [0.15, 0.2) is 30.3 Å². The second kappa shape index (κ2) is 7.82. The summed E-state index contributed by atoms with van der Waals surface area (Å²) in [6, 6.07) is 8.85. The van der Waals surface area contributed by atoms with Crippen LogP contribution in [0.5, 0.6) is 5.75 Å². The van der Waals surface area contributed by atoms with Gasteiger partial charge in [0.1, 0.15) is 12.0 Å². The van der Waals surface area contributed by atoms with Crippen LogP contribution in [0.3, 0.4) is 0 Å². The molecule has 1 saturated carbocycles. The maximum atomic E-state index is 14.1. The van der Waals surface area contributed by atoms with Gasteiger partial charge in [-0.15, -0.1) is 0 Å². The van der Waals surface area contributed by atoms with Crippen molar-refractivity contribution < 1.29 is 18.7 Å². The van der Waals surface area contributed by atoms with Gasteiger partial charge in [-0.25, -0.2) is 4.39 Å². The minimum Gasteiger partial charge on any atom is -0.484 e. The Morgan fingerprint density at radius 1 is 1.15 bits per heavy atom. The minimum absolute atomic E-state index is 0.00964. The normalized spacial score (nSPS) is 29.3. The Morgan fingerprint density at radius 2 is 1.85 bits per heavy atom. The Morgan fingerprint density at radius 3 is 2.52 bits per heavy atom. The average molecular weight is 376 g/mol. The van der Waals surface area contributed by atoms with Gasteiger partial charge >= 0.3 is 0 Å². The van der Waals surface area contributed by atoms with Gasteiger partial charge in [0.05, 0.1) is 6.04 Å². The lowest BCUT2D eigenvalue weighted by Gasteiger charge is -2.43. The summed E-state index contributed by atoms with van der Waals surface area (Å²) in [5.74, 6) is 0.335. The van der Waals surface area contributed by atoms with Gasteiger partial charge < -0.3 is 15.0 Å². The van der Waals surface area contributed by atoms with Gasteiger partial charge in [0.25, 0.3) is 11.8 Å². The second-order valence-electron chi connectivity index (χ2n) is 7.36. The zero-order valence-corrected chi connectivity index (χ0v) is 15.1. The van der Waals surface area contributed by atoms with Crippen molar-refractivity contribution in [2.45, 2.75) is 31.3 Å². The highest BCUT2D eigenvalue weighted by molar-refractivity contribution is 5.82. The van der Waals surface area contributed by atoms with E-state index in [2.05, 4.69) is 15.5 Å². The van der Waals surface area contributed by atoms with Crippen LogP contribution in [-0.2, 0) is 9.59 Å². The maximum absolute atomic E-state index is 14.1. The molecule has 1 aromatic rings. The average Bonchev–Trinajstić information content (AvgIpc) is 3.54. The third-order valence-electron chi connectivity index (χ3n) is 5.46. The molecule has 4 rings (SSSR count). The van der Waals surface area contributed by atoms with Crippen LogP contribution in [0.25, 0.3) is 0 Å². The van der Waals surface area contributed by atoms with E-state index in [0.717, 1.165) is 12.8 Å². The van der Waals surface area contributed by atoms with E-state index in [4.69, 9.17) is 4.74 Å². The first-order chi connectivity index (χ1) is 13.1. The number of nitrogens with zero attached hydrogens (tertiary/aromatic N) is 2. The number of ether oxygens (including phenoxy) is 1. The molecule has 0 spiro atoms. The molecule has 27 heavy (non-hydrogen) atoms. The lowest BCUT2D eigenvalue weighted by Crippen LogP contribution is -2.70. The van der Waals surface area contributed by atoms with E-state index in [9.17, 15) is 14.0 Å². The molecular weight excluding hydrogens is 351 g/mol. The second-order valence-corrected chi connectivity index (χ2v) is 7.36. The number of alkyl halides is 1. The summed E-state index contributed by atoms with van der Waals surface area (Å²) in [6.07, 6.45) is 0.100. The Hall–Kier alpha value is -2.19. The fraction of sp³-hybridized carbons (Fsp3) is 0.579. The minimum atomic E-state index is -1.48. The molecule has 2 heterocycles. The molecule has 2 N–H and O–H groups in total. The van der Waals surface area contributed by atoms with Crippen LogP contribution in [0, 0.1) is 5.92 Å². The fourth-order valence-electron chi connectivity index (χ4n) is 3.70. The Labute approximate surface area is 157 Å². The molecule has 3 atom stereocenters. The zero-order chi connectivity index (χ0) is 18.8. The van der Waals surface area contributed by atoms with Gasteiger partial charge in [-0.2, -0.15) is 0 Å². The Bertz CT molecular complexity index is 677. The molecule has 2 saturated heterocycles. The first kappa shape index (κ1) is 18.2. The molecule has 0 bridgehead atoms. The monoisotopic (exact) mass is 376 g/mol.